The maximum absolute atomic E-state index is 6.14. The monoisotopic (exact) mass is 226 g/mol. The number of nitrogens with two attached hydrogens (primary N) is 1. The molecule has 2 heteroatoms. The van der Waals surface area contributed by atoms with Crippen LogP contribution in [0.25, 0.3) is 0 Å². The molecule has 0 fully saturated rings. The minimum absolute atomic E-state index is 0.0244. The summed E-state index contributed by atoms with van der Waals surface area (Å²) < 4.78 is 0. The maximum atomic E-state index is 6.14. The molecule has 0 aliphatic rings. The average Bonchev–Trinajstić information content (AvgIpc) is 2.40. The minimum atomic E-state index is -0.0244. The molecule has 2 aromatic rings. The van der Waals surface area contributed by atoms with Gasteiger partial charge in [-0.25, -0.2) is 0 Å². The Kier molecular flexibility index (Phi) is 3.89. The fourth-order valence-electron chi connectivity index (χ4n) is 1.86. The summed E-state index contributed by atoms with van der Waals surface area (Å²) in [4.78, 5) is 4.28. The quantitative estimate of drug-likeness (QED) is 0.870. The van der Waals surface area contributed by atoms with Gasteiger partial charge in [-0.15, -0.1) is 0 Å². The minimum Gasteiger partial charge on any atom is -0.322 e. The molecule has 0 aliphatic heterocycles. The number of benzene rings is 1. The van der Waals surface area contributed by atoms with Gasteiger partial charge in [-0.3, -0.25) is 4.98 Å². The third-order valence-electron chi connectivity index (χ3n) is 2.95. The highest BCUT2D eigenvalue weighted by Crippen LogP contribution is 2.14. The number of hydrogen-bond acceptors (Lipinski definition) is 2. The number of pyridine rings is 1. The van der Waals surface area contributed by atoms with Crippen LogP contribution in [-0.2, 0) is 12.8 Å². The summed E-state index contributed by atoms with van der Waals surface area (Å²) in [6, 6.07) is 14.5. The van der Waals surface area contributed by atoms with Crippen molar-refractivity contribution < 1.29 is 0 Å². The molecule has 17 heavy (non-hydrogen) atoms. The summed E-state index contributed by atoms with van der Waals surface area (Å²) >= 11 is 0. The van der Waals surface area contributed by atoms with Crippen molar-refractivity contribution in [3.05, 3.63) is 65.5 Å². The molecule has 1 unspecified atom stereocenters. The summed E-state index contributed by atoms with van der Waals surface area (Å²) in [5.41, 5.74) is 9.71. The molecule has 0 spiro atoms. The largest absolute Gasteiger partial charge is 0.322 e. The third kappa shape index (κ3) is 3.14. The number of nitrogens with zero attached hydrogens (tertiary/aromatic N) is 1. The molecule has 88 valence electrons. The topological polar surface area (TPSA) is 38.9 Å². The molecular formula is C15H18N2. The number of hydrogen-bond donors (Lipinski definition) is 1. The van der Waals surface area contributed by atoms with E-state index in [1.54, 1.807) is 6.20 Å². The standard InChI is InChI=1S/C15H18N2/c1-2-12-6-8-13(9-7-12)11-14(16)15-5-3-4-10-17-15/h3-10,14H,2,11,16H2,1H3. The summed E-state index contributed by atoms with van der Waals surface area (Å²) in [7, 11) is 0. The normalized spacial score (nSPS) is 12.4. The van der Waals surface area contributed by atoms with Gasteiger partial charge < -0.3 is 5.73 Å². The molecule has 1 aromatic heterocycles. The molecule has 1 aromatic carbocycles. The predicted octanol–water partition coefficient (Wildman–Crippen LogP) is 2.89. The highest BCUT2D eigenvalue weighted by atomic mass is 14.8. The number of aryl methyl sites for hydroxylation is 1. The van der Waals surface area contributed by atoms with Crippen LogP contribution in [0.5, 0.6) is 0 Å². The van der Waals surface area contributed by atoms with Crippen molar-refractivity contribution in [1.29, 1.82) is 0 Å². The third-order valence-corrected chi connectivity index (χ3v) is 2.95. The zero-order chi connectivity index (χ0) is 12.1. The van der Waals surface area contributed by atoms with E-state index in [0.29, 0.717) is 0 Å². The molecule has 0 radical (unpaired) electrons. The van der Waals surface area contributed by atoms with Gasteiger partial charge in [-0.05, 0) is 36.1 Å². The molecule has 1 atom stereocenters. The van der Waals surface area contributed by atoms with E-state index in [1.807, 2.05) is 18.2 Å². The molecule has 0 saturated heterocycles. The first-order valence-corrected chi connectivity index (χ1v) is 6.04. The van der Waals surface area contributed by atoms with Crippen LogP contribution in [0, 0.1) is 0 Å². The summed E-state index contributed by atoms with van der Waals surface area (Å²) in [6.07, 6.45) is 3.70. The molecule has 2 rings (SSSR count). The first kappa shape index (κ1) is 11.8. The molecule has 0 aliphatic carbocycles. The van der Waals surface area contributed by atoms with Gasteiger partial charge in [0.25, 0.3) is 0 Å². The van der Waals surface area contributed by atoms with Gasteiger partial charge in [0.05, 0.1) is 11.7 Å². The molecule has 1 heterocycles. The van der Waals surface area contributed by atoms with Gasteiger partial charge in [0.15, 0.2) is 0 Å². The fourth-order valence-corrected chi connectivity index (χ4v) is 1.86. The van der Waals surface area contributed by atoms with Crippen LogP contribution >= 0.6 is 0 Å². The van der Waals surface area contributed by atoms with E-state index < -0.39 is 0 Å². The van der Waals surface area contributed by atoms with E-state index in [0.717, 1.165) is 18.5 Å². The van der Waals surface area contributed by atoms with Gasteiger partial charge in [0.1, 0.15) is 0 Å². The Hall–Kier alpha value is -1.67. The van der Waals surface area contributed by atoms with Crippen LogP contribution in [0.3, 0.4) is 0 Å². The molecule has 2 nitrogen and oxygen atoms in total. The lowest BCUT2D eigenvalue weighted by Crippen LogP contribution is -2.14. The number of aromatic nitrogens is 1. The van der Waals surface area contributed by atoms with E-state index in [9.17, 15) is 0 Å². The second-order valence-electron chi connectivity index (χ2n) is 4.24. The van der Waals surface area contributed by atoms with Crippen LogP contribution in [0.4, 0.5) is 0 Å². The average molecular weight is 226 g/mol. The zero-order valence-electron chi connectivity index (χ0n) is 10.1. The Morgan fingerprint density at radius 2 is 1.76 bits per heavy atom. The van der Waals surface area contributed by atoms with Crippen LogP contribution < -0.4 is 5.73 Å². The first-order valence-electron chi connectivity index (χ1n) is 6.04. The maximum Gasteiger partial charge on any atom is 0.0574 e. The Bertz CT molecular complexity index is 448. The van der Waals surface area contributed by atoms with Crippen LogP contribution in [0.2, 0.25) is 0 Å². The second-order valence-corrected chi connectivity index (χ2v) is 4.24. The summed E-state index contributed by atoms with van der Waals surface area (Å²) in [5.74, 6) is 0. The highest BCUT2D eigenvalue weighted by molar-refractivity contribution is 5.24. The Morgan fingerprint density at radius 1 is 1.06 bits per heavy atom. The number of rotatable bonds is 4. The Balaban J connectivity index is 2.05. The van der Waals surface area contributed by atoms with Crippen molar-refractivity contribution in [3.63, 3.8) is 0 Å². The van der Waals surface area contributed by atoms with Gasteiger partial charge in [-0.2, -0.15) is 0 Å². The van der Waals surface area contributed by atoms with Gasteiger partial charge >= 0.3 is 0 Å². The molecular weight excluding hydrogens is 208 g/mol. The van der Waals surface area contributed by atoms with E-state index in [-0.39, 0.29) is 6.04 Å². The van der Waals surface area contributed by atoms with Crippen LogP contribution in [0.1, 0.15) is 29.8 Å². The van der Waals surface area contributed by atoms with Crippen LogP contribution in [-0.4, -0.2) is 4.98 Å². The Morgan fingerprint density at radius 3 is 2.35 bits per heavy atom. The van der Waals surface area contributed by atoms with Crippen molar-refractivity contribution in [3.8, 4) is 0 Å². The van der Waals surface area contributed by atoms with Gasteiger partial charge in [0, 0.05) is 6.20 Å². The predicted molar refractivity (Wildman–Crippen MR) is 70.7 cm³/mol. The summed E-state index contributed by atoms with van der Waals surface area (Å²) in [5, 5.41) is 0. The van der Waals surface area contributed by atoms with E-state index in [4.69, 9.17) is 5.73 Å². The van der Waals surface area contributed by atoms with Crippen LogP contribution in [0.15, 0.2) is 48.7 Å². The van der Waals surface area contributed by atoms with E-state index in [1.165, 1.54) is 11.1 Å². The van der Waals surface area contributed by atoms with Crippen molar-refractivity contribution in [2.24, 2.45) is 5.73 Å². The smallest absolute Gasteiger partial charge is 0.0574 e. The zero-order valence-corrected chi connectivity index (χ0v) is 10.1. The lowest BCUT2D eigenvalue weighted by Gasteiger charge is -2.11. The molecule has 0 saturated carbocycles. The SMILES string of the molecule is CCc1ccc(CC(N)c2ccccn2)cc1. The lowest BCUT2D eigenvalue weighted by atomic mass is 10.0. The van der Waals surface area contributed by atoms with Crippen molar-refractivity contribution in [2.75, 3.05) is 0 Å². The molecule has 0 amide bonds. The Labute approximate surface area is 103 Å². The van der Waals surface area contributed by atoms with E-state index >= 15 is 0 Å². The summed E-state index contributed by atoms with van der Waals surface area (Å²) in [6.45, 7) is 2.16. The van der Waals surface area contributed by atoms with Crippen molar-refractivity contribution >= 4 is 0 Å². The van der Waals surface area contributed by atoms with E-state index in [2.05, 4.69) is 36.2 Å². The van der Waals surface area contributed by atoms with Crippen molar-refractivity contribution in [1.82, 2.24) is 4.98 Å². The molecule has 2 N–H and O–H groups in total. The van der Waals surface area contributed by atoms with Gasteiger partial charge in [-0.1, -0.05) is 37.3 Å². The highest BCUT2D eigenvalue weighted by Gasteiger charge is 2.07. The van der Waals surface area contributed by atoms with Gasteiger partial charge in [0.2, 0.25) is 0 Å². The molecule has 0 bridgehead atoms. The van der Waals surface area contributed by atoms with Crippen molar-refractivity contribution in [2.45, 2.75) is 25.8 Å². The lowest BCUT2D eigenvalue weighted by molar-refractivity contribution is 0.696. The second kappa shape index (κ2) is 5.60. The first-order chi connectivity index (χ1) is 8.29. The fraction of sp³-hybridized carbons (Fsp3) is 0.267.